The summed E-state index contributed by atoms with van der Waals surface area (Å²) in [5.41, 5.74) is 2.60. The van der Waals surface area contributed by atoms with Crippen molar-refractivity contribution in [3.8, 4) is 29.1 Å². The molecule has 4 rings (SSSR count). The largest absolute Gasteiger partial charge is 0.490 e. The van der Waals surface area contributed by atoms with E-state index >= 15 is 0 Å². The van der Waals surface area contributed by atoms with E-state index in [0.29, 0.717) is 63.7 Å². The second-order valence-electron chi connectivity index (χ2n) is 8.56. The van der Waals surface area contributed by atoms with Gasteiger partial charge in [-0.2, -0.15) is 10.5 Å². The van der Waals surface area contributed by atoms with Crippen LogP contribution >= 0.6 is 11.8 Å². The monoisotopic (exact) mass is 561 g/mol. The fourth-order valence-electron chi connectivity index (χ4n) is 4.23. The Kier molecular flexibility index (Phi) is 13.3. The molecule has 1 spiro atoms. The van der Waals surface area contributed by atoms with Gasteiger partial charge in [0.15, 0.2) is 0 Å². The summed E-state index contributed by atoms with van der Waals surface area (Å²) in [6.45, 7) is 19.8. The molecule has 0 amide bonds. The van der Waals surface area contributed by atoms with Gasteiger partial charge in [0, 0.05) is 56.2 Å². The van der Waals surface area contributed by atoms with E-state index in [0.717, 1.165) is 26.2 Å². The molecule has 2 saturated heterocycles. The summed E-state index contributed by atoms with van der Waals surface area (Å²) in [5.74, 6) is 1.61. The Hall–Kier alpha value is -3.70. The number of aliphatic imine (C=N–C) groups is 1. The van der Waals surface area contributed by atoms with Crippen molar-refractivity contribution in [3.63, 3.8) is 0 Å². The number of methoxy groups -OCH3 is 1. The van der Waals surface area contributed by atoms with Crippen LogP contribution in [-0.4, -0.2) is 67.9 Å². The lowest BCUT2D eigenvalue weighted by Gasteiger charge is -2.56. The Balaban J connectivity index is 0.00000134. The number of anilines is 1. The number of nitrogens with zero attached hydrogens (tertiary/aromatic N) is 6. The predicted octanol–water partition coefficient (Wildman–Crippen LogP) is 5.24. The number of hydrogen-bond acceptors (Lipinski definition) is 10. The number of rotatable bonds is 11. The minimum atomic E-state index is 0.238. The molecule has 2 aliphatic heterocycles. The molecular formula is C30H39N7O2S. The zero-order valence-electron chi connectivity index (χ0n) is 24.2. The molecule has 2 fully saturated rings. The van der Waals surface area contributed by atoms with Crippen molar-refractivity contribution in [1.82, 2.24) is 15.3 Å². The zero-order valence-corrected chi connectivity index (χ0v) is 25.0. The first kappa shape index (κ1) is 32.5. The van der Waals surface area contributed by atoms with Crippen LogP contribution in [0.15, 0.2) is 53.8 Å². The van der Waals surface area contributed by atoms with Crippen LogP contribution in [-0.2, 0) is 4.74 Å². The fraction of sp³-hybridized carbons (Fsp3) is 0.433. The molecule has 212 valence electrons. The molecule has 40 heavy (non-hydrogen) atoms. The molecule has 0 aromatic carbocycles. The second-order valence-corrected chi connectivity index (χ2v) is 9.53. The highest BCUT2D eigenvalue weighted by Crippen LogP contribution is 2.42. The van der Waals surface area contributed by atoms with Crippen molar-refractivity contribution < 1.29 is 9.47 Å². The molecule has 2 aromatic rings. The number of pyridine rings is 2. The first-order valence-electron chi connectivity index (χ1n) is 13.4. The van der Waals surface area contributed by atoms with Crippen molar-refractivity contribution in [2.45, 2.75) is 32.7 Å². The van der Waals surface area contributed by atoms with E-state index in [-0.39, 0.29) is 5.41 Å². The number of ether oxygens (including phenoxy) is 2. The van der Waals surface area contributed by atoms with Crippen molar-refractivity contribution in [2.24, 2.45) is 10.4 Å². The molecule has 0 unspecified atom stereocenters. The van der Waals surface area contributed by atoms with Gasteiger partial charge in [0.05, 0.1) is 29.8 Å². The Labute approximate surface area is 242 Å². The van der Waals surface area contributed by atoms with Gasteiger partial charge in [-0.05, 0) is 18.2 Å². The molecule has 0 bridgehead atoms. The van der Waals surface area contributed by atoms with Crippen LogP contribution in [0.3, 0.4) is 0 Å². The lowest BCUT2D eigenvalue weighted by atomic mass is 9.74. The van der Waals surface area contributed by atoms with Crippen molar-refractivity contribution in [3.05, 3.63) is 54.9 Å². The van der Waals surface area contributed by atoms with Gasteiger partial charge in [0.25, 0.3) is 0 Å². The number of aromatic nitrogens is 2. The molecule has 9 nitrogen and oxygen atoms in total. The van der Waals surface area contributed by atoms with Crippen LogP contribution in [0.25, 0.3) is 11.3 Å². The summed E-state index contributed by atoms with van der Waals surface area (Å²) in [4.78, 5) is 15.7. The van der Waals surface area contributed by atoms with Crippen LogP contribution in [0.5, 0.6) is 5.75 Å². The molecule has 2 aromatic heterocycles. The lowest BCUT2D eigenvalue weighted by molar-refractivity contribution is 0.120. The van der Waals surface area contributed by atoms with Crippen LogP contribution in [0.2, 0.25) is 0 Å². The van der Waals surface area contributed by atoms with Crippen LogP contribution in [0, 0.1) is 28.1 Å². The number of nitriles is 2. The highest BCUT2D eigenvalue weighted by atomic mass is 32.2. The number of hydrogen-bond donors (Lipinski definition) is 1. The summed E-state index contributed by atoms with van der Waals surface area (Å²) in [5, 5.41) is 24.2. The number of nitrogens with one attached hydrogen (secondary N) is 1. The van der Waals surface area contributed by atoms with Gasteiger partial charge in [-0.1, -0.05) is 52.6 Å². The molecule has 2 aliphatic rings. The summed E-state index contributed by atoms with van der Waals surface area (Å²) < 4.78 is 10.6. The molecule has 0 saturated carbocycles. The third-order valence-electron chi connectivity index (χ3n) is 6.12. The third kappa shape index (κ3) is 7.48. The number of allylic oxidation sites excluding steroid dienone is 1. The standard InChI is InChI=1S/C26H27N7O2S.2C2H6/c1-4-18(30-5-2)13-36-25-21(11-28)23(22-7-6-19(12-31-22)35-9-8-34-3)20(10-27)24(32-25)33-16-26(17-33)14-29-15-26;2*1-2/h4-7,12,29H,1-2,8-9,13-17H2,3H3;2*1-2H3. The topological polar surface area (TPSA) is 119 Å². The Morgan fingerprint density at radius 3 is 2.35 bits per heavy atom. The van der Waals surface area contributed by atoms with Crippen molar-refractivity contribution >= 4 is 23.3 Å². The predicted molar refractivity (Wildman–Crippen MR) is 163 cm³/mol. The van der Waals surface area contributed by atoms with Crippen molar-refractivity contribution in [2.75, 3.05) is 57.2 Å². The van der Waals surface area contributed by atoms with E-state index in [1.807, 2.05) is 27.7 Å². The van der Waals surface area contributed by atoms with Crippen LogP contribution in [0.1, 0.15) is 38.8 Å². The molecule has 0 aliphatic carbocycles. The van der Waals surface area contributed by atoms with Crippen molar-refractivity contribution in [1.29, 1.82) is 10.5 Å². The lowest BCUT2D eigenvalue weighted by Crippen LogP contribution is -2.71. The molecule has 4 heterocycles. The third-order valence-corrected chi connectivity index (χ3v) is 7.13. The first-order chi connectivity index (χ1) is 19.6. The smallest absolute Gasteiger partial charge is 0.148 e. The van der Waals surface area contributed by atoms with E-state index in [2.05, 4.69) is 45.5 Å². The van der Waals surface area contributed by atoms with Crippen LogP contribution < -0.4 is 15.0 Å². The van der Waals surface area contributed by atoms with E-state index in [1.54, 1.807) is 31.5 Å². The highest BCUT2D eigenvalue weighted by Gasteiger charge is 2.49. The minimum absolute atomic E-state index is 0.238. The minimum Gasteiger partial charge on any atom is -0.490 e. The maximum absolute atomic E-state index is 10.2. The first-order valence-corrected chi connectivity index (χ1v) is 14.4. The summed E-state index contributed by atoms with van der Waals surface area (Å²) in [6, 6.07) is 8.12. The second kappa shape index (κ2) is 16.4. The Bertz CT molecular complexity index is 1250. The molecule has 0 atom stereocenters. The van der Waals surface area contributed by atoms with Gasteiger partial charge in [-0.25, -0.2) is 4.98 Å². The van der Waals surface area contributed by atoms with Gasteiger partial charge in [0.1, 0.15) is 40.9 Å². The maximum atomic E-state index is 10.2. The average molecular weight is 562 g/mol. The SMILES string of the molecule is C=CN=C(C=C)CSc1nc(N2CC3(CNC3)C2)c(C#N)c(-c2ccc(OCCOC)cn2)c1C#N.CC.CC. The molecule has 10 heteroatoms. The Morgan fingerprint density at radius 1 is 1.15 bits per heavy atom. The normalized spacial score (nSPS) is 14.6. The Morgan fingerprint density at radius 2 is 1.85 bits per heavy atom. The van der Waals surface area contributed by atoms with E-state index < -0.39 is 0 Å². The van der Waals surface area contributed by atoms with E-state index in [9.17, 15) is 10.5 Å². The van der Waals surface area contributed by atoms with Gasteiger partial charge in [-0.15, -0.1) is 0 Å². The van der Waals surface area contributed by atoms with Gasteiger partial charge >= 0.3 is 0 Å². The summed E-state index contributed by atoms with van der Waals surface area (Å²) in [7, 11) is 1.61. The average Bonchev–Trinajstić information content (AvgIpc) is 2.96. The van der Waals surface area contributed by atoms with E-state index in [4.69, 9.17) is 14.5 Å². The molecule has 0 radical (unpaired) electrons. The van der Waals surface area contributed by atoms with Crippen LogP contribution in [0.4, 0.5) is 5.82 Å². The molecule has 1 N–H and O–H groups in total. The maximum Gasteiger partial charge on any atom is 0.148 e. The zero-order chi connectivity index (χ0) is 29.5. The van der Waals surface area contributed by atoms with Gasteiger partial charge in [0.2, 0.25) is 0 Å². The molecular weight excluding hydrogens is 522 g/mol. The van der Waals surface area contributed by atoms with Gasteiger partial charge in [-0.3, -0.25) is 9.98 Å². The fourth-order valence-corrected chi connectivity index (χ4v) is 5.15. The van der Waals surface area contributed by atoms with Gasteiger partial charge < -0.3 is 19.7 Å². The summed E-state index contributed by atoms with van der Waals surface area (Å²) >= 11 is 1.38. The highest BCUT2D eigenvalue weighted by molar-refractivity contribution is 8.00. The van der Waals surface area contributed by atoms with E-state index in [1.165, 1.54) is 18.0 Å². The quantitative estimate of drug-likeness (QED) is 0.223. The summed E-state index contributed by atoms with van der Waals surface area (Å²) in [6.07, 6.45) is 4.70. The number of thioether (sulfide) groups is 1.